The zero-order valence-electron chi connectivity index (χ0n) is 34.2. The molecule has 2 rings (SSSR count). The lowest BCUT2D eigenvalue weighted by atomic mass is 9.85. The first kappa shape index (κ1) is 46.8. The minimum Gasteiger partial charge on any atom is -0.480 e. The molecule has 6 N–H and O–H groups in total. The van der Waals surface area contributed by atoms with Gasteiger partial charge in [-0.25, -0.2) is 24.8 Å². The van der Waals surface area contributed by atoms with Crippen LogP contribution in [0.2, 0.25) is 0 Å². The number of aliphatic carboxylic acids is 1. The summed E-state index contributed by atoms with van der Waals surface area (Å²) in [6.45, 7) is 16.5. The standard InChI is InChI=1S/C40H66N6O9/c1-10-27(6)34(37(51)52)43-35(49)29(26(4)5)23-32(47)30(21-25(2)3)42-33(48)24-41-36(50)31(22-28-17-13-11-14-18-28)46(44-38(53)55-40(7,8)9)39(54)45-19-15-12-16-20-45/h11,13-14,17-18,25-27,29-32,34,47H,10,12,15-16,19-24H2,1-9H3,(H,41,50)(H,42,48)(H,43,49)(H,44,53)(H,51,52)/t27-,29?,30?,31-,32?,34-/m0/s1. The van der Waals surface area contributed by atoms with Gasteiger partial charge in [0.1, 0.15) is 17.7 Å². The fraction of sp³-hybridized carbons (Fsp3) is 0.700. The molecule has 6 amide bonds. The van der Waals surface area contributed by atoms with E-state index in [1.807, 2.05) is 40.7 Å². The summed E-state index contributed by atoms with van der Waals surface area (Å²) in [5.41, 5.74) is 2.33. The van der Waals surface area contributed by atoms with Crippen molar-refractivity contribution >= 4 is 35.8 Å². The number of aliphatic hydroxyl groups excluding tert-OH is 1. The normalized spacial score (nSPS) is 16.5. The number of amides is 6. The van der Waals surface area contributed by atoms with Gasteiger partial charge in [-0.05, 0) is 76.2 Å². The number of urea groups is 1. The van der Waals surface area contributed by atoms with Crippen molar-refractivity contribution in [3.8, 4) is 0 Å². The number of carboxylic acid groups (broad SMARTS) is 1. The van der Waals surface area contributed by atoms with Gasteiger partial charge in [0.2, 0.25) is 17.7 Å². The molecule has 15 nitrogen and oxygen atoms in total. The van der Waals surface area contributed by atoms with Crippen molar-refractivity contribution in [2.24, 2.45) is 23.7 Å². The fourth-order valence-corrected chi connectivity index (χ4v) is 6.45. The predicted molar refractivity (Wildman–Crippen MR) is 208 cm³/mol. The Morgan fingerprint density at radius 1 is 0.891 bits per heavy atom. The molecule has 0 aliphatic carbocycles. The summed E-state index contributed by atoms with van der Waals surface area (Å²) in [7, 11) is 0. The summed E-state index contributed by atoms with van der Waals surface area (Å²) in [5.74, 6) is -4.20. The zero-order chi connectivity index (χ0) is 41.5. The lowest BCUT2D eigenvalue weighted by molar-refractivity contribution is -0.144. The molecule has 0 bridgehead atoms. The topological polar surface area (TPSA) is 207 Å². The molecule has 0 aromatic heterocycles. The molecule has 1 heterocycles. The van der Waals surface area contributed by atoms with Crippen molar-refractivity contribution in [1.82, 2.24) is 31.3 Å². The second kappa shape index (κ2) is 22.2. The SMILES string of the molecule is CC[C@H](C)[C@H](NC(=O)C(CC(O)C(CC(C)C)NC(=O)CNC(=O)[C@H](Cc1ccccc1)N(NC(=O)OC(C)(C)C)C(=O)N1CCCCC1)C(C)C)C(=O)O. The summed E-state index contributed by atoms with van der Waals surface area (Å²) in [5, 5.41) is 30.2. The van der Waals surface area contributed by atoms with Gasteiger partial charge in [-0.15, -0.1) is 0 Å². The zero-order valence-corrected chi connectivity index (χ0v) is 34.2. The van der Waals surface area contributed by atoms with Gasteiger partial charge in [0.05, 0.1) is 18.7 Å². The largest absolute Gasteiger partial charge is 0.480 e. The minimum atomic E-state index is -1.27. The number of carbonyl (C=O) groups excluding carboxylic acids is 5. The molecule has 0 saturated carbocycles. The number of aliphatic hydroxyl groups is 1. The van der Waals surface area contributed by atoms with Crippen LogP contribution in [0.1, 0.15) is 106 Å². The molecule has 1 fully saturated rings. The first-order valence-electron chi connectivity index (χ1n) is 19.6. The molecule has 1 aromatic carbocycles. The van der Waals surface area contributed by atoms with Crippen LogP contribution < -0.4 is 21.4 Å². The Morgan fingerprint density at radius 2 is 1.51 bits per heavy atom. The van der Waals surface area contributed by atoms with E-state index in [-0.39, 0.29) is 30.6 Å². The van der Waals surface area contributed by atoms with E-state index in [1.54, 1.807) is 56.9 Å². The van der Waals surface area contributed by atoms with Crippen molar-refractivity contribution in [3.05, 3.63) is 35.9 Å². The van der Waals surface area contributed by atoms with E-state index in [4.69, 9.17) is 4.74 Å². The van der Waals surface area contributed by atoms with Crippen LogP contribution in [0.4, 0.5) is 9.59 Å². The Labute approximate surface area is 326 Å². The van der Waals surface area contributed by atoms with Crippen molar-refractivity contribution in [3.63, 3.8) is 0 Å². The van der Waals surface area contributed by atoms with Gasteiger partial charge in [0.25, 0.3) is 0 Å². The van der Waals surface area contributed by atoms with E-state index >= 15 is 0 Å². The third-order valence-corrected chi connectivity index (χ3v) is 9.70. The molecule has 1 aliphatic heterocycles. The predicted octanol–water partition coefficient (Wildman–Crippen LogP) is 4.23. The summed E-state index contributed by atoms with van der Waals surface area (Å²) < 4.78 is 5.45. The quantitative estimate of drug-likeness (QED) is 0.118. The summed E-state index contributed by atoms with van der Waals surface area (Å²) in [6.07, 6.45) is 1.28. The number of nitrogens with zero attached hydrogens (tertiary/aromatic N) is 2. The van der Waals surface area contributed by atoms with Crippen molar-refractivity contribution < 1.29 is 43.7 Å². The minimum absolute atomic E-state index is 0.0107. The van der Waals surface area contributed by atoms with Crippen LogP contribution >= 0.6 is 0 Å². The Kier molecular flexibility index (Phi) is 18.9. The Balaban J connectivity index is 2.30. The van der Waals surface area contributed by atoms with Crippen LogP contribution in [-0.4, -0.2) is 105 Å². The summed E-state index contributed by atoms with van der Waals surface area (Å²) in [4.78, 5) is 81.3. The number of rotatable bonds is 18. The number of likely N-dealkylation sites (tertiary alicyclic amines) is 1. The molecule has 3 unspecified atom stereocenters. The number of piperidine rings is 1. The van der Waals surface area contributed by atoms with E-state index in [0.717, 1.165) is 24.3 Å². The van der Waals surface area contributed by atoms with Crippen LogP contribution in [0, 0.1) is 23.7 Å². The molecular formula is C40H66N6O9. The first-order chi connectivity index (χ1) is 25.7. The molecule has 1 aliphatic rings. The number of ether oxygens (including phenoxy) is 1. The fourth-order valence-electron chi connectivity index (χ4n) is 6.45. The highest BCUT2D eigenvalue weighted by atomic mass is 16.6. The third-order valence-electron chi connectivity index (χ3n) is 9.70. The number of benzene rings is 1. The second-order valence-corrected chi connectivity index (χ2v) is 16.4. The number of hydrogen-bond acceptors (Lipinski definition) is 8. The van der Waals surface area contributed by atoms with Gasteiger partial charge in [0.15, 0.2) is 0 Å². The van der Waals surface area contributed by atoms with E-state index in [9.17, 15) is 39.0 Å². The van der Waals surface area contributed by atoms with Crippen molar-refractivity contribution in [2.45, 2.75) is 137 Å². The average molecular weight is 775 g/mol. The van der Waals surface area contributed by atoms with E-state index in [1.165, 1.54) is 0 Å². The van der Waals surface area contributed by atoms with Crippen LogP contribution in [0.15, 0.2) is 30.3 Å². The molecule has 1 saturated heterocycles. The first-order valence-corrected chi connectivity index (χ1v) is 19.6. The number of carbonyl (C=O) groups is 6. The van der Waals surface area contributed by atoms with Crippen molar-refractivity contribution in [2.75, 3.05) is 19.6 Å². The highest BCUT2D eigenvalue weighted by Crippen LogP contribution is 2.23. The average Bonchev–Trinajstić information content (AvgIpc) is 3.11. The lowest BCUT2D eigenvalue weighted by Gasteiger charge is -2.37. The van der Waals surface area contributed by atoms with E-state index < -0.39 is 78.1 Å². The number of nitrogens with one attached hydrogen (secondary N) is 4. The van der Waals surface area contributed by atoms with E-state index in [0.29, 0.717) is 31.5 Å². The molecule has 55 heavy (non-hydrogen) atoms. The molecule has 310 valence electrons. The van der Waals surface area contributed by atoms with E-state index in [2.05, 4.69) is 21.4 Å². The molecule has 15 heteroatoms. The maximum Gasteiger partial charge on any atom is 0.426 e. The molecule has 0 spiro atoms. The Morgan fingerprint density at radius 3 is 2.04 bits per heavy atom. The second-order valence-electron chi connectivity index (χ2n) is 16.4. The Bertz CT molecular complexity index is 1410. The molecule has 6 atom stereocenters. The maximum atomic E-state index is 14.0. The van der Waals surface area contributed by atoms with Gasteiger partial charge in [-0.1, -0.05) is 78.3 Å². The van der Waals surface area contributed by atoms with Crippen LogP contribution in [0.5, 0.6) is 0 Å². The smallest absolute Gasteiger partial charge is 0.426 e. The van der Waals surface area contributed by atoms with Gasteiger partial charge in [-0.2, -0.15) is 0 Å². The van der Waals surface area contributed by atoms with Crippen LogP contribution in [-0.2, 0) is 30.3 Å². The van der Waals surface area contributed by atoms with Gasteiger partial charge in [-0.3, -0.25) is 14.4 Å². The van der Waals surface area contributed by atoms with Gasteiger partial charge < -0.3 is 35.8 Å². The molecular weight excluding hydrogens is 708 g/mol. The lowest BCUT2D eigenvalue weighted by Crippen LogP contribution is -2.62. The number of carboxylic acids is 1. The van der Waals surface area contributed by atoms with Crippen LogP contribution in [0.3, 0.4) is 0 Å². The summed E-state index contributed by atoms with van der Waals surface area (Å²) >= 11 is 0. The number of hydrogen-bond donors (Lipinski definition) is 6. The highest BCUT2D eigenvalue weighted by molar-refractivity contribution is 5.91. The van der Waals surface area contributed by atoms with Gasteiger partial charge >= 0.3 is 18.1 Å². The number of hydrazine groups is 1. The molecule has 1 aromatic rings. The monoisotopic (exact) mass is 774 g/mol. The summed E-state index contributed by atoms with van der Waals surface area (Å²) in [6, 6.07) is 5.25. The van der Waals surface area contributed by atoms with Gasteiger partial charge in [0, 0.05) is 25.4 Å². The van der Waals surface area contributed by atoms with Crippen LogP contribution in [0.25, 0.3) is 0 Å². The Hall–Kier alpha value is -4.40. The molecule has 0 radical (unpaired) electrons. The van der Waals surface area contributed by atoms with Crippen molar-refractivity contribution in [1.29, 1.82) is 0 Å². The highest BCUT2D eigenvalue weighted by Gasteiger charge is 2.37. The third kappa shape index (κ3) is 16.1. The maximum absolute atomic E-state index is 14.0.